The minimum Gasteiger partial charge on any atom is -0.497 e. The molecule has 0 unspecified atom stereocenters. The molecule has 0 heterocycles. The Morgan fingerprint density at radius 1 is 1.12 bits per heavy atom. The molecule has 0 N–H and O–H groups in total. The van der Waals surface area contributed by atoms with Crippen LogP contribution < -0.4 is 4.74 Å². The summed E-state index contributed by atoms with van der Waals surface area (Å²) in [4.78, 5) is 11.7. The van der Waals surface area contributed by atoms with E-state index in [1.54, 1.807) is 13.2 Å². The zero-order valence-electron chi connectivity index (χ0n) is 15.9. The number of ether oxygens (including phenoxy) is 2. The van der Waals surface area contributed by atoms with Crippen molar-refractivity contribution in [3.63, 3.8) is 0 Å². The number of allylic oxidation sites excluding steroid dienone is 6. The van der Waals surface area contributed by atoms with E-state index in [0.717, 1.165) is 50.0 Å². The van der Waals surface area contributed by atoms with Gasteiger partial charge in [-0.05, 0) is 55.9 Å². The van der Waals surface area contributed by atoms with Crippen LogP contribution in [0.5, 0.6) is 5.75 Å². The van der Waals surface area contributed by atoms with Crippen molar-refractivity contribution >= 4 is 5.78 Å². The molecule has 140 valence electrons. The van der Waals surface area contributed by atoms with E-state index in [4.69, 9.17) is 9.47 Å². The molecule has 0 saturated carbocycles. The Balaban J connectivity index is 1.53. The highest BCUT2D eigenvalue weighted by Gasteiger charge is 2.20. The van der Waals surface area contributed by atoms with Crippen LogP contribution in [0.1, 0.15) is 44.6 Å². The normalized spacial score (nSPS) is 18.3. The first-order chi connectivity index (χ1) is 12.7. The Morgan fingerprint density at radius 2 is 1.92 bits per heavy atom. The average Bonchev–Trinajstić information content (AvgIpc) is 3.01. The molecule has 1 aliphatic carbocycles. The van der Waals surface area contributed by atoms with E-state index < -0.39 is 0 Å². The molecular formula is C23H30O3. The first-order valence-electron chi connectivity index (χ1n) is 9.52. The van der Waals surface area contributed by atoms with Gasteiger partial charge in [0.1, 0.15) is 5.75 Å². The number of methoxy groups -OCH3 is 1. The second-order valence-electron chi connectivity index (χ2n) is 6.50. The van der Waals surface area contributed by atoms with Crippen molar-refractivity contribution in [3.8, 4) is 5.75 Å². The lowest BCUT2D eigenvalue weighted by Crippen LogP contribution is -2.01. The van der Waals surface area contributed by atoms with E-state index in [9.17, 15) is 4.79 Å². The number of carbonyl (C=O) groups excluding carboxylic acids is 1. The SMILES string of the molecule is CC/C=C1/C(=O)C=C[C@@H]1C/C=C\CCCCOCc1ccc(OC)cc1. The summed E-state index contributed by atoms with van der Waals surface area (Å²) in [6.45, 7) is 3.50. The summed E-state index contributed by atoms with van der Waals surface area (Å²) in [5, 5.41) is 0. The molecule has 0 fully saturated rings. The smallest absolute Gasteiger partial charge is 0.181 e. The Bertz CT molecular complexity index is 638. The maximum atomic E-state index is 11.7. The molecule has 1 aromatic carbocycles. The zero-order chi connectivity index (χ0) is 18.6. The maximum absolute atomic E-state index is 11.7. The molecular weight excluding hydrogens is 324 g/mol. The first kappa shape index (κ1) is 20.2. The van der Waals surface area contributed by atoms with E-state index in [-0.39, 0.29) is 11.7 Å². The first-order valence-corrected chi connectivity index (χ1v) is 9.52. The second-order valence-corrected chi connectivity index (χ2v) is 6.50. The average molecular weight is 354 g/mol. The maximum Gasteiger partial charge on any atom is 0.181 e. The van der Waals surface area contributed by atoms with Crippen LogP contribution in [0.2, 0.25) is 0 Å². The number of hydrogen-bond donors (Lipinski definition) is 0. The standard InChI is InChI=1S/C23H30O3/c1-3-9-22-20(13-16-23(22)24)10-7-5-4-6-8-17-26-18-19-11-14-21(25-2)15-12-19/h5,7,9,11-16,20H,3-4,6,8,10,17-18H2,1-2H3/b7-5-,22-9+/t20-/m0/s1. The molecule has 0 saturated heterocycles. The molecule has 0 spiro atoms. The van der Waals surface area contributed by atoms with Gasteiger partial charge in [-0.1, -0.05) is 43.4 Å². The van der Waals surface area contributed by atoms with Crippen molar-refractivity contribution in [3.05, 3.63) is 65.8 Å². The number of hydrogen-bond acceptors (Lipinski definition) is 3. The van der Waals surface area contributed by atoms with Crippen molar-refractivity contribution in [1.29, 1.82) is 0 Å². The molecule has 1 aromatic rings. The van der Waals surface area contributed by atoms with Gasteiger partial charge >= 0.3 is 0 Å². The molecule has 26 heavy (non-hydrogen) atoms. The van der Waals surface area contributed by atoms with E-state index in [0.29, 0.717) is 6.61 Å². The third-order valence-corrected chi connectivity index (χ3v) is 4.48. The lowest BCUT2D eigenvalue weighted by molar-refractivity contribution is -0.111. The summed E-state index contributed by atoms with van der Waals surface area (Å²) >= 11 is 0. The van der Waals surface area contributed by atoms with Crippen LogP contribution >= 0.6 is 0 Å². The van der Waals surface area contributed by atoms with E-state index in [1.165, 1.54) is 5.56 Å². The Kier molecular flexibility index (Phi) is 8.91. The van der Waals surface area contributed by atoms with E-state index in [1.807, 2.05) is 30.3 Å². The molecule has 0 amide bonds. The third kappa shape index (κ3) is 6.64. The molecule has 3 nitrogen and oxygen atoms in total. The minimum atomic E-state index is 0.180. The summed E-state index contributed by atoms with van der Waals surface area (Å²) in [7, 11) is 1.67. The number of unbranched alkanes of at least 4 members (excludes halogenated alkanes) is 2. The van der Waals surface area contributed by atoms with Crippen LogP contribution in [-0.4, -0.2) is 19.5 Å². The predicted octanol–water partition coefficient (Wildman–Crippen LogP) is 5.42. The zero-order valence-corrected chi connectivity index (χ0v) is 15.9. The Labute approximate surface area is 157 Å². The van der Waals surface area contributed by atoms with E-state index in [2.05, 4.69) is 25.2 Å². The topological polar surface area (TPSA) is 35.5 Å². The summed E-state index contributed by atoms with van der Waals surface area (Å²) in [6, 6.07) is 7.98. The quantitative estimate of drug-likeness (QED) is 0.302. The monoisotopic (exact) mass is 354 g/mol. The molecule has 1 aliphatic rings. The van der Waals surface area contributed by atoms with Crippen LogP contribution in [0.25, 0.3) is 0 Å². The number of benzene rings is 1. The third-order valence-electron chi connectivity index (χ3n) is 4.48. The molecule has 0 aromatic heterocycles. The number of rotatable bonds is 11. The fraction of sp³-hybridized carbons (Fsp3) is 0.435. The van der Waals surface area contributed by atoms with Crippen molar-refractivity contribution in [2.75, 3.05) is 13.7 Å². The fourth-order valence-electron chi connectivity index (χ4n) is 3.00. The fourth-order valence-corrected chi connectivity index (χ4v) is 3.00. The Hall–Kier alpha value is -2.13. The van der Waals surface area contributed by atoms with Crippen molar-refractivity contribution in [2.24, 2.45) is 5.92 Å². The van der Waals surface area contributed by atoms with Gasteiger partial charge in [0.05, 0.1) is 13.7 Å². The minimum absolute atomic E-state index is 0.180. The molecule has 0 radical (unpaired) electrons. The van der Waals surface area contributed by atoms with Crippen LogP contribution in [-0.2, 0) is 16.1 Å². The Morgan fingerprint density at radius 3 is 2.65 bits per heavy atom. The van der Waals surface area contributed by atoms with Gasteiger partial charge in [0.15, 0.2) is 5.78 Å². The van der Waals surface area contributed by atoms with Crippen molar-refractivity contribution < 1.29 is 14.3 Å². The number of ketones is 1. The van der Waals surface area contributed by atoms with Gasteiger partial charge in [0, 0.05) is 18.1 Å². The van der Waals surface area contributed by atoms with Gasteiger partial charge in [-0.25, -0.2) is 0 Å². The van der Waals surface area contributed by atoms with Gasteiger partial charge in [-0.15, -0.1) is 0 Å². The van der Waals surface area contributed by atoms with Gasteiger partial charge < -0.3 is 9.47 Å². The molecule has 0 bridgehead atoms. The predicted molar refractivity (Wildman–Crippen MR) is 106 cm³/mol. The summed E-state index contributed by atoms with van der Waals surface area (Å²) in [6.07, 6.45) is 15.3. The second kappa shape index (κ2) is 11.5. The van der Waals surface area contributed by atoms with Crippen molar-refractivity contribution in [1.82, 2.24) is 0 Å². The molecule has 0 aliphatic heterocycles. The highest BCUT2D eigenvalue weighted by molar-refractivity contribution is 6.07. The van der Waals surface area contributed by atoms with E-state index >= 15 is 0 Å². The van der Waals surface area contributed by atoms with Crippen molar-refractivity contribution in [2.45, 2.75) is 45.6 Å². The molecule has 1 atom stereocenters. The molecule has 2 rings (SSSR count). The lowest BCUT2D eigenvalue weighted by Gasteiger charge is -2.07. The summed E-state index contributed by atoms with van der Waals surface area (Å²) in [5.74, 6) is 1.32. The summed E-state index contributed by atoms with van der Waals surface area (Å²) < 4.78 is 10.9. The van der Waals surface area contributed by atoms with Crippen LogP contribution in [0.3, 0.4) is 0 Å². The van der Waals surface area contributed by atoms with Crippen LogP contribution in [0.15, 0.2) is 60.2 Å². The van der Waals surface area contributed by atoms with Gasteiger partial charge in [-0.3, -0.25) is 4.79 Å². The highest BCUT2D eigenvalue weighted by Crippen LogP contribution is 2.25. The lowest BCUT2D eigenvalue weighted by atomic mass is 9.97. The molecule has 3 heteroatoms. The highest BCUT2D eigenvalue weighted by atomic mass is 16.5. The van der Waals surface area contributed by atoms with Gasteiger partial charge in [0.2, 0.25) is 0 Å². The van der Waals surface area contributed by atoms with Crippen LogP contribution in [0.4, 0.5) is 0 Å². The van der Waals surface area contributed by atoms with Crippen LogP contribution in [0, 0.1) is 5.92 Å². The summed E-state index contributed by atoms with van der Waals surface area (Å²) in [5.41, 5.74) is 2.13. The van der Waals surface area contributed by atoms with Gasteiger partial charge in [0.25, 0.3) is 0 Å². The van der Waals surface area contributed by atoms with Gasteiger partial charge in [-0.2, -0.15) is 0 Å². The number of carbonyl (C=O) groups is 1. The largest absolute Gasteiger partial charge is 0.497 e.